The van der Waals surface area contributed by atoms with Crippen molar-refractivity contribution >= 4 is 7.28 Å². The van der Waals surface area contributed by atoms with Crippen LogP contribution in [0.15, 0.2) is 0 Å². The maximum atomic E-state index is 2.58. The largest absolute Gasteiger partial charge is 0.120 e. The topological polar surface area (TPSA) is 0 Å². The number of hydrogen-bond acceptors (Lipinski definition) is 0. The predicted molar refractivity (Wildman–Crippen MR) is 66.1 cm³/mol. The summed E-state index contributed by atoms with van der Waals surface area (Å²) in [5.74, 6) is 0.854. The Hall–Kier alpha value is 0.0649. The highest BCUT2D eigenvalue weighted by molar-refractivity contribution is 6.41. The lowest BCUT2D eigenvalue weighted by molar-refractivity contribution is 0.313. The zero-order valence-corrected chi connectivity index (χ0v) is 10.7. The molecular formula is C13H26B. The summed E-state index contributed by atoms with van der Waals surface area (Å²) in [7, 11) is 2.58. The van der Waals surface area contributed by atoms with E-state index >= 15 is 0 Å². The Labute approximate surface area is 91.1 Å². The Kier molecular flexibility index (Phi) is 3.72. The van der Waals surface area contributed by atoms with Crippen molar-refractivity contribution in [2.24, 2.45) is 5.41 Å². The molecule has 0 bridgehead atoms. The smallest absolute Gasteiger partial charge is 0.0677 e. The lowest BCUT2D eigenvalue weighted by Crippen LogP contribution is -2.20. The normalized spacial score (nSPS) is 28.2. The van der Waals surface area contributed by atoms with Crippen LogP contribution in [0.25, 0.3) is 0 Å². The van der Waals surface area contributed by atoms with Crippen molar-refractivity contribution in [1.82, 2.24) is 0 Å². The van der Waals surface area contributed by atoms with Gasteiger partial charge in [0.1, 0.15) is 7.28 Å². The minimum absolute atomic E-state index is 0.394. The van der Waals surface area contributed by atoms with Gasteiger partial charge in [0.2, 0.25) is 0 Å². The molecule has 1 unspecified atom stereocenters. The molecule has 0 saturated heterocycles. The van der Waals surface area contributed by atoms with E-state index in [4.69, 9.17) is 0 Å². The molecule has 0 N–H and O–H groups in total. The molecule has 1 radical (unpaired) electrons. The second-order valence-electron chi connectivity index (χ2n) is 6.91. The lowest BCUT2D eigenvalue weighted by atomic mass is 9.45. The van der Waals surface area contributed by atoms with E-state index in [-0.39, 0.29) is 0 Å². The molecule has 1 aliphatic carbocycles. The van der Waals surface area contributed by atoms with Gasteiger partial charge < -0.3 is 0 Å². The quantitative estimate of drug-likeness (QED) is 0.418. The van der Waals surface area contributed by atoms with Gasteiger partial charge in [-0.05, 0) is 11.8 Å². The van der Waals surface area contributed by atoms with E-state index in [1.165, 1.54) is 32.1 Å². The van der Waals surface area contributed by atoms with Gasteiger partial charge in [-0.2, -0.15) is 0 Å². The molecular weight excluding hydrogens is 167 g/mol. The minimum atomic E-state index is 0.394. The van der Waals surface area contributed by atoms with Crippen LogP contribution in [0, 0.1) is 5.41 Å². The van der Waals surface area contributed by atoms with Crippen molar-refractivity contribution in [1.29, 1.82) is 0 Å². The van der Waals surface area contributed by atoms with Crippen LogP contribution in [-0.2, 0) is 0 Å². The van der Waals surface area contributed by atoms with E-state index in [1.807, 2.05) is 0 Å². The molecule has 1 heteroatoms. The van der Waals surface area contributed by atoms with Gasteiger partial charge in [-0.1, -0.05) is 71.4 Å². The van der Waals surface area contributed by atoms with Gasteiger partial charge in [0.05, 0.1) is 0 Å². The average Bonchev–Trinajstić information content (AvgIpc) is 2.06. The van der Waals surface area contributed by atoms with Gasteiger partial charge in [-0.25, -0.2) is 0 Å². The molecule has 0 aromatic carbocycles. The Balaban J connectivity index is 2.52. The van der Waals surface area contributed by atoms with Crippen molar-refractivity contribution in [2.75, 3.05) is 0 Å². The Morgan fingerprint density at radius 1 is 1.14 bits per heavy atom. The van der Waals surface area contributed by atoms with Gasteiger partial charge in [0, 0.05) is 0 Å². The van der Waals surface area contributed by atoms with Crippen LogP contribution < -0.4 is 0 Å². The molecule has 0 aromatic heterocycles. The third-order valence-electron chi connectivity index (χ3n) is 3.23. The third-order valence-corrected chi connectivity index (χ3v) is 3.23. The predicted octanol–water partition coefficient (Wildman–Crippen LogP) is 4.69. The monoisotopic (exact) mass is 193 g/mol. The first-order valence-corrected chi connectivity index (χ1v) is 6.15. The van der Waals surface area contributed by atoms with Crippen molar-refractivity contribution < 1.29 is 0 Å². The maximum Gasteiger partial charge on any atom is 0.120 e. The van der Waals surface area contributed by atoms with Gasteiger partial charge >= 0.3 is 0 Å². The molecule has 1 atom stereocenters. The number of hydrogen-bond donors (Lipinski definition) is 0. The third kappa shape index (κ3) is 4.53. The second-order valence-corrected chi connectivity index (χ2v) is 6.91. The zero-order valence-electron chi connectivity index (χ0n) is 10.7. The molecule has 0 amide bonds. The average molecular weight is 193 g/mol. The van der Waals surface area contributed by atoms with Crippen molar-refractivity contribution in [3.8, 4) is 0 Å². The lowest BCUT2D eigenvalue weighted by Gasteiger charge is -2.30. The van der Waals surface area contributed by atoms with E-state index in [0.717, 1.165) is 5.82 Å². The van der Waals surface area contributed by atoms with Crippen molar-refractivity contribution in [3.63, 3.8) is 0 Å². The molecule has 1 saturated carbocycles. The molecule has 1 fully saturated rings. The van der Waals surface area contributed by atoms with Crippen LogP contribution in [0.1, 0.15) is 66.7 Å². The highest BCUT2D eigenvalue weighted by Gasteiger charge is 2.29. The summed E-state index contributed by atoms with van der Waals surface area (Å²) in [5.41, 5.74) is 0.572. The summed E-state index contributed by atoms with van der Waals surface area (Å²) < 4.78 is 0. The highest BCUT2D eigenvalue weighted by atomic mass is 14.3. The van der Waals surface area contributed by atoms with Crippen LogP contribution in [-0.4, -0.2) is 7.28 Å². The minimum Gasteiger partial charge on any atom is -0.0677 e. The molecule has 0 nitrogen and oxygen atoms in total. The highest BCUT2D eigenvalue weighted by Crippen LogP contribution is 2.42. The first kappa shape index (κ1) is 12.1. The molecule has 0 aromatic rings. The van der Waals surface area contributed by atoms with E-state index in [2.05, 4.69) is 41.9 Å². The summed E-state index contributed by atoms with van der Waals surface area (Å²) in [6.45, 7) is 11.8. The second kappa shape index (κ2) is 4.29. The molecule has 81 valence electrons. The van der Waals surface area contributed by atoms with E-state index in [0.29, 0.717) is 10.7 Å². The number of rotatable bonds is 1. The summed E-state index contributed by atoms with van der Waals surface area (Å²) in [5, 5.41) is 0.394. The summed E-state index contributed by atoms with van der Waals surface area (Å²) >= 11 is 0. The fraction of sp³-hybridized carbons (Fsp3) is 1.00. The SMILES string of the molecule is CC(C)(C)[B]C1CCCCC(C)(C)C1. The summed E-state index contributed by atoms with van der Waals surface area (Å²) in [4.78, 5) is 0. The van der Waals surface area contributed by atoms with Gasteiger partial charge in [-0.15, -0.1) is 0 Å². The fourth-order valence-electron chi connectivity index (χ4n) is 2.77. The molecule has 0 spiro atoms. The molecule has 14 heavy (non-hydrogen) atoms. The van der Waals surface area contributed by atoms with E-state index in [1.54, 1.807) is 0 Å². The van der Waals surface area contributed by atoms with Gasteiger partial charge in [0.15, 0.2) is 0 Å². The first-order valence-electron chi connectivity index (χ1n) is 6.15. The van der Waals surface area contributed by atoms with Crippen LogP contribution >= 0.6 is 0 Å². The fourth-order valence-corrected chi connectivity index (χ4v) is 2.77. The molecule has 0 heterocycles. The molecule has 0 aliphatic heterocycles. The van der Waals surface area contributed by atoms with Crippen molar-refractivity contribution in [2.45, 2.75) is 77.9 Å². The van der Waals surface area contributed by atoms with E-state index in [9.17, 15) is 0 Å². The maximum absolute atomic E-state index is 2.58. The molecule has 1 rings (SSSR count). The summed E-state index contributed by atoms with van der Waals surface area (Å²) in [6, 6.07) is 0. The van der Waals surface area contributed by atoms with Crippen LogP contribution in [0.2, 0.25) is 11.1 Å². The van der Waals surface area contributed by atoms with Crippen LogP contribution in [0.5, 0.6) is 0 Å². The Morgan fingerprint density at radius 3 is 2.36 bits per heavy atom. The Morgan fingerprint density at radius 2 is 1.79 bits per heavy atom. The standard InChI is InChI=1S/C13H26B/c1-12(2,3)14-11-8-6-7-9-13(4,5)10-11/h11H,6-10H2,1-5H3. The van der Waals surface area contributed by atoms with Gasteiger partial charge in [0.25, 0.3) is 0 Å². The van der Waals surface area contributed by atoms with E-state index < -0.39 is 0 Å². The summed E-state index contributed by atoms with van der Waals surface area (Å²) in [6.07, 6.45) is 7.09. The van der Waals surface area contributed by atoms with Crippen molar-refractivity contribution in [3.05, 3.63) is 0 Å². The first-order chi connectivity index (χ1) is 6.29. The van der Waals surface area contributed by atoms with Gasteiger partial charge in [-0.3, -0.25) is 0 Å². The zero-order chi connectivity index (χ0) is 10.8. The Bertz CT molecular complexity index is 176. The van der Waals surface area contributed by atoms with Crippen LogP contribution in [0.4, 0.5) is 0 Å². The molecule has 1 aliphatic rings. The van der Waals surface area contributed by atoms with Crippen LogP contribution in [0.3, 0.4) is 0 Å².